The third-order valence-electron chi connectivity index (χ3n) is 5.95. The van der Waals surface area contributed by atoms with E-state index < -0.39 is 0 Å². The lowest BCUT2D eigenvalue weighted by Gasteiger charge is -2.35. The van der Waals surface area contributed by atoms with Crippen molar-refractivity contribution in [3.63, 3.8) is 0 Å². The number of benzene rings is 1. The summed E-state index contributed by atoms with van der Waals surface area (Å²) in [5.41, 5.74) is 3.96. The maximum atomic E-state index is 12.7. The van der Waals surface area contributed by atoms with Crippen LogP contribution in [0.25, 0.3) is 5.65 Å². The van der Waals surface area contributed by atoms with Crippen molar-refractivity contribution in [1.29, 1.82) is 0 Å². The van der Waals surface area contributed by atoms with Crippen LogP contribution < -0.4 is 10.2 Å². The number of carbonyl (C=O) groups excluding carboxylic acids is 1. The molecule has 29 heavy (non-hydrogen) atoms. The predicted octanol–water partition coefficient (Wildman–Crippen LogP) is 2.97. The van der Waals surface area contributed by atoms with Crippen molar-refractivity contribution in [3.05, 3.63) is 47.3 Å². The van der Waals surface area contributed by atoms with Gasteiger partial charge in [-0.2, -0.15) is 4.52 Å². The number of urea groups is 1. The summed E-state index contributed by atoms with van der Waals surface area (Å²) in [7, 11) is 0. The number of amides is 2. The summed E-state index contributed by atoms with van der Waals surface area (Å²) in [5, 5.41) is 16.4. The van der Waals surface area contributed by atoms with Gasteiger partial charge < -0.3 is 15.1 Å². The fraction of sp³-hybridized carbons (Fsp3) is 0.429. The Hall–Kier alpha value is -3.16. The average molecular weight is 391 g/mol. The van der Waals surface area contributed by atoms with Crippen molar-refractivity contribution in [1.82, 2.24) is 24.7 Å². The van der Waals surface area contributed by atoms with Gasteiger partial charge in [0.15, 0.2) is 11.5 Å². The minimum Gasteiger partial charge on any atom is -0.352 e. The molecule has 5 rings (SSSR count). The Kier molecular flexibility index (Phi) is 4.34. The highest BCUT2D eigenvalue weighted by molar-refractivity contribution is 5.90. The number of aromatic nitrogens is 4. The molecule has 2 amide bonds. The lowest BCUT2D eigenvalue weighted by molar-refractivity contribution is 0.208. The number of nitrogens with zero attached hydrogens (tertiary/aromatic N) is 6. The van der Waals surface area contributed by atoms with Gasteiger partial charge in [-0.1, -0.05) is 12.1 Å². The van der Waals surface area contributed by atoms with Crippen LogP contribution in [0.5, 0.6) is 0 Å². The first-order valence-corrected chi connectivity index (χ1v) is 10.2. The van der Waals surface area contributed by atoms with Crippen molar-refractivity contribution in [2.24, 2.45) is 0 Å². The number of fused-ring (bicyclic) bond motifs is 1. The van der Waals surface area contributed by atoms with E-state index in [1.807, 2.05) is 40.6 Å². The van der Waals surface area contributed by atoms with Crippen molar-refractivity contribution in [2.45, 2.75) is 32.6 Å². The molecule has 2 aromatic heterocycles. The van der Waals surface area contributed by atoms with Crippen molar-refractivity contribution in [3.8, 4) is 0 Å². The molecule has 1 N–H and O–H groups in total. The van der Waals surface area contributed by atoms with Crippen LogP contribution in [0.3, 0.4) is 0 Å². The fourth-order valence-electron chi connectivity index (χ4n) is 3.78. The van der Waals surface area contributed by atoms with Crippen LogP contribution >= 0.6 is 0 Å². The van der Waals surface area contributed by atoms with Crippen molar-refractivity contribution < 1.29 is 4.79 Å². The van der Waals surface area contributed by atoms with Gasteiger partial charge in [0.05, 0.1) is 0 Å². The lowest BCUT2D eigenvalue weighted by atomic mass is 10.1. The number of hydrogen-bond acceptors (Lipinski definition) is 5. The Morgan fingerprint density at radius 2 is 1.83 bits per heavy atom. The second kappa shape index (κ2) is 7.02. The molecule has 1 aliphatic heterocycles. The van der Waals surface area contributed by atoms with Gasteiger partial charge in [0, 0.05) is 37.8 Å². The third kappa shape index (κ3) is 3.39. The Balaban J connectivity index is 1.25. The zero-order valence-corrected chi connectivity index (χ0v) is 16.8. The Labute approximate surface area is 169 Å². The molecular weight excluding hydrogens is 366 g/mol. The monoisotopic (exact) mass is 391 g/mol. The van der Waals surface area contributed by atoms with Crippen LogP contribution in [0.2, 0.25) is 0 Å². The molecule has 1 aromatic carbocycles. The first-order valence-electron chi connectivity index (χ1n) is 10.2. The molecule has 3 aromatic rings. The molecule has 8 nitrogen and oxygen atoms in total. The molecule has 1 aliphatic carbocycles. The number of aryl methyl sites for hydroxylation is 1. The zero-order chi connectivity index (χ0) is 20.0. The number of carbonyl (C=O) groups is 1. The highest BCUT2D eigenvalue weighted by atomic mass is 16.2. The molecule has 0 spiro atoms. The highest BCUT2D eigenvalue weighted by Gasteiger charge is 2.30. The number of piperazine rings is 1. The van der Waals surface area contributed by atoms with E-state index >= 15 is 0 Å². The maximum absolute atomic E-state index is 12.7. The highest BCUT2D eigenvalue weighted by Crippen LogP contribution is 2.38. The summed E-state index contributed by atoms with van der Waals surface area (Å²) in [6.07, 6.45) is 2.34. The Morgan fingerprint density at radius 3 is 2.59 bits per heavy atom. The van der Waals surface area contributed by atoms with E-state index in [1.54, 1.807) is 0 Å². The van der Waals surface area contributed by atoms with E-state index in [4.69, 9.17) is 5.10 Å². The quantitative estimate of drug-likeness (QED) is 0.743. The summed E-state index contributed by atoms with van der Waals surface area (Å²) >= 11 is 0. The molecule has 2 fully saturated rings. The van der Waals surface area contributed by atoms with Crippen LogP contribution in [0.15, 0.2) is 30.3 Å². The Bertz CT molecular complexity index is 1060. The summed E-state index contributed by atoms with van der Waals surface area (Å²) in [5.74, 6) is 2.38. The van der Waals surface area contributed by atoms with E-state index in [0.29, 0.717) is 19.0 Å². The van der Waals surface area contributed by atoms with Crippen LogP contribution in [0.1, 0.15) is 35.7 Å². The summed E-state index contributed by atoms with van der Waals surface area (Å²) in [6, 6.07) is 9.90. The van der Waals surface area contributed by atoms with Gasteiger partial charge in [-0.3, -0.25) is 0 Å². The predicted molar refractivity (Wildman–Crippen MR) is 111 cm³/mol. The van der Waals surface area contributed by atoms with Gasteiger partial charge in [-0.15, -0.1) is 15.3 Å². The fourth-order valence-corrected chi connectivity index (χ4v) is 3.78. The SMILES string of the molecule is Cc1cccc(NC(=O)N2CCN(c3ccc4nnc(C5CC5)n4n3)CC2)c1C. The van der Waals surface area contributed by atoms with Gasteiger partial charge in [0.25, 0.3) is 0 Å². The van der Waals surface area contributed by atoms with Gasteiger partial charge in [-0.05, 0) is 56.0 Å². The van der Waals surface area contributed by atoms with E-state index in [0.717, 1.165) is 41.6 Å². The molecule has 2 aliphatic rings. The van der Waals surface area contributed by atoms with Crippen LogP contribution in [0, 0.1) is 13.8 Å². The maximum Gasteiger partial charge on any atom is 0.321 e. The summed E-state index contributed by atoms with van der Waals surface area (Å²) in [4.78, 5) is 16.8. The van der Waals surface area contributed by atoms with E-state index in [1.165, 1.54) is 18.4 Å². The van der Waals surface area contributed by atoms with Crippen LogP contribution in [0.4, 0.5) is 16.3 Å². The molecule has 150 valence electrons. The zero-order valence-electron chi connectivity index (χ0n) is 16.8. The number of nitrogens with one attached hydrogen (secondary N) is 1. The second-order valence-corrected chi connectivity index (χ2v) is 7.95. The second-order valence-electron chi connectivity index (χ2n) is 7.95. The van der Waals surface area contributed by atoms with Gasteiger partial charge >= 0.3 is 6.03 Å². The standard InChI is InChI=1S/C21H25N7O/c1-14-4-3-5-17(15(14)2)22-21(29)27-12-10-26(11-13-27)19-9-8-18-23-24-20(16-6-7-16)28(18)25-19/h3-5,8-9,16H,6-7,10-13H2,1-2H3,(H,22,29). The van der Waals surface area contributed by atoms with Crippen molar-refractivity contribution in [2.75, 3.05) is 36.4 Å². The third-order valence-corrected chi connectivity index (χ3v) is 5.95. The first-order chi connectivity index (χ1) is 14.1. The number of anilines is 2. The lowest BCUT2D eigenvalue weighted by Crippen LogP contribution is -2.50. The molecule has 8 heteroatoms. The minimum atomic E-state index is -0.0448. The first kappa shape index (κ1) is 17.9. The normalized spacial score (nSPS) is 17.0. The smallest absolute Gasteiger partial charge is 0.321 e. The van der Waals surface area contributed by atoms with Gasteiger partial charge in [-0.25, -0.2) is 4.79 Å². The Morgan fingerprint density at radius 1 is 1.03 bits per heavy atom. The molecule has 1 saturated heterocycles. The van der Waals surface area contributed by atoms with Crippen molar-refractivity contribution >= 4 is 23.2 Å². The van der Waals surface area contributed by atoms with E-state index in [-0.39, 0.29) is 6.03 Å². The average Bonchev–Trinajstić information content (AvgIpc) is 3.50. The molecule has 0 atom stereocenters. The largest absolute Gasteiger partial charge is 0.352 e. The summed E-state index contributed by atoms with van der Waals surface area (Å²) < 4.78 is 1.88. The minimum absolute atomic E-state index is 0.0448. The molecule has 0 unspecified atom stereocenters. The molecule has 3 heterocycles. The molecule has 0 bridgehead atoms. The van der Waals surface area contributed by atoms with Gasteiger partial charge in [0.2, 0.25) is 0 Å². The van der Waals surface area contributed by atoms with E-state index in [9.17, 15) is 4.79 Å². The van der Waals surface area contributed by atoms with Crippen LogP contribution in [-0.2, 0) is 0 Å². The topological polar surface area (TPSA) is 78.7 Å². The number of hydrogen-bond donors (Lipinski definition) is 1. The molecule has 0 radical (unpaired) electrons. The van der Waals surface area contributed by atoms with Gasteiger partial charge in [0.1, 0.15) is 5.82 Å². The van der Waals surface area contributed by atoms with Crippen LogP contribution in [-0.4, -0.2) is 56.9 Å². The summed E-state index contributed by atoms with van der Waals surface area (Å²) in [6.45, 7) is 6.91. The number of rotatable bonds is 3. The molecule has 1 saturated carbocycles. The van der Waals surface area contributed by atoms with E-state index in [2.05, 4.69) is 33.4 Å². The molecular formula is C21H25N7O.